The maximum atomic E-state index is 12.9. The van der Waals surface area contributed by atoms with Crippen molar-refractivity contribution in [3.05, 3.63) is 60.1 Å². The number of amides is 1. The van der Waals surface area contributed by atoms with E-state index in [-0.39, 0.29) is 11.8 Å². The van der Waals surface area contributed by atoms with Gasteiger partial charge >= 0.3 is 0 Å². The Morgan fingerprint density at radius 1 is 1.27 bits per heavy atom. The van der Waals surface area contributed by atoms with Crippen LogP contribution in [-0.2, 0) is 16.1 Å². The lowest BCUT2D eigenvalue weighted by atomic mass is 9.95. The first-order valence-corrected chi connectivity index (χ1v) is 7.60. The highest BCUT2D eigenvalue weighted by molar-refractivity contribution is 5.83. The van der Waals surface area contributed by atoms with Crippen LogP contribution in [0, 0.1) is 0 Å². The van der Waals surface area contributed by atoms with Gasteiger partial charge in [0, 0.05) is 25.8 Å². The average Bonchev–Trinajstić information content (AvgIpc) is 3.06. The molecule has 0 aliphatic heterocycles. The Morgan fingerprint density at radius 2 is 2.05 bits per heavy atom. The first kappa shape index (κ1) is 16.3. The minimum Gasteiger partial charge on any atom is -0.472 e. The largest absolute Gasteiger partial charge is 0.472 e. The second-order valence-corrected chi connectivity index (χ2v) is 5.26. The van der Waals surface area contributed by atoms with Crippen molar-refractivity contribution in [1.29, 1.82) is 0 Å². The summed E-state index contributed by atoms with van der Waals surface area (Å²) in [5.41, 5.74) is 2.05. The molecule has 0 saturated carbocycles. The number of carbonyl (C=O) groups excluding carboxylic acids is 1. The maximum absolute atomic E-state index is 12.9. The molecule has 0 spiro atoms. The summed E-state index contributed by atoms with van der Waals surface area (Å²) in [4.78, 5) is 14.8. The third kappa shape index (κ3) is 4.21. The van der Waals surface area contributed by atoms with Crippen LogP contribution in [0.5, 0.6) is 0 Å². The molecule has 1 heterocycles. The number of hydrogen-bond donors (Lipinski definition) is 0. The minimum atomic E-state index is -0.120. The molecule has 1 aromatic heterocycles. The SMILES string of the molecule is CCC(C(=O)N(CCOC)Cc1ccoc1)c1ccccc1. The number of methoxy groups -OCH3 is 1. The zero-order valence-corrected chi connectivity index (χ0v) is 13.2. The van der Waals surface area contributed by atoms with Crippen molar-refractivity contribution in [2.45, 2.75) is 25.8 Å². The third-order valence-corrected chi connectivity index (χ3v) is 3.74. The van der Waals surface area contributed by atoms with Crippen molar-refractivity contribution in [3.8, 4) is 0 Å². The predicted molar refractivity (Wildman–Crippen MR) is 85.5 cm³/mol. The van der Waals surface area contributed by atoms with Crippen molar-refractivity contribution >= 4 is 5.91 Å². The average molecular weight is 301 g/mol. The molecule has 4 heteroatoms. The summed E-state index contributed by atoms with van der Waals surface area (Å²) in [5.74, 6) is 0.0110. The van der Waals surface area contributed by atoms with Crippen LogP contribution in [0.1, 0.15) is 30.4 Å². The van der Waals surface area contributed by atoms with Gasteiger partial charge in [0.2, 0.25) is 5.91 Å². The molecule has 2 aromatic rings. The summed E-state index contributed by atoms with van der Waals surface area (Å²) in [6, 6.07) is 11.8. The van der Waals surface area contributed by atoms with E-state index in [0.717, 1.165) is 17.5 Å². The Labute approximate surface area is 131 Å². The van der Waals surface area contributed by atoms with E-state index < -0.39 is 0 Å². The van der Waals surface area contributed by atoms with E-state index in [1.54, 1.807) is 19.6 Å². The van der Waals surface area contributed by atoms with Crippen LogP contribution in [0.15, 0.2) is 53.3 Å². The molecule has 1 aromatic carbocycles. The van der Waals surface area contributed by atoms with Gasteiger partial charge in [0.25, 0.3) is 0 Å². The smallest absolute Gasteiger partial charge is 0.230 e. The fourth-order valence-electron chi connectivity index (χ4n) is 2.53. The maximum Gasteiger partial charge on any atom is 0.230 e. The van der Waals surface area contributed by atoms with Gasteiger partial charge in [0.05, 0.1) is 25.1 Å². The molecule has 22 heavy (non-hydrogen) atoms. The van der Waals surface area contributed by atoms with Gasteiger partial charge in [-0.2, -0.15) is 0 Å². The first-order valence-electron chi connectivity index (χ1n) is 7.60. The van der Waals surface area contributed by atoms with E-state index in [0.29, 0.717) is 19.7 Å². The van der Waals surface area contributed by atoms with Gasteiger partial charge in [0.1, 0.15) is 0 Å². The molecule has 0 bridgehead atoms. The van der Waals surface area contributed by atoms with Crippen molar-refractivity contribution in [3.63, 3.8) is 0 Å². The topological polar surface area (TPSA) is 42.7 Å². The van der Waals surface area contributed by atoms with E-state index in [2.05, 4.69) is 0 Å². The molecule has 1 atom stereocenters. The Morgan fingerprint density at radius 3 is 2.64 bits per heavy atom. The second-order valence-electron chi connectivity index (χ2n) is 5.26. The number of benzene rings is 1. The number of carbonyl (C=O) groups is 1. The van der Waals surface area contributed by atoms with Crippen LogP contribution in [0.3, 0.4) is 0 Å². The molecule has 1 amide bonds. The Kier molecular flexibility index (Phi) is 6.22. The molecule has 0 aliphatic rings. The number of ether oxygens (including phenoxy) is 1. The summed E-state index contributed by atoms with van der Waals surface area (Å²) < 4.78 is 10.2. The highest BCUT2D eigenvalue weighted by atomic mass is 16.5. The molecule has 4 nitrogen and oxygen atoms in total. The zero-order chi connectivity index (χ0) is 15.8. The third-order valence-electron chi connectivity index (χ3n) is 3.74. The van der Waals surface area contributed by atoms with E-state index in [9.17, 15) is 4.79 Å². The fraction of sp³-hybridized carbons (Fsp3) is 0.389. The Hall–Kier alpha value is -2.07. The number of furan rings is 1. The standard InChI is InChI=1S/C18H23NO3/c1-3-17(16-7-5-4-6-8-16)18(20)19(10-12-21-2)13-15-9-11-22-14-15/h4-9,11,14,17H,3,10,12-13H2,1-2H3. The monoisotopic (exact) mass is 301 g/mol. The van der Waals surface area contributed by atoms with Gasteiger partial charge in [-0.15, -0.1) is 0 Å². The van der Waals surface area contributed by atoms with E-state index in [1.807, 2.05) is 48.2 Å². The number of hydrogen-bond acceptors (Lipinski definition) is 3. The second kappa shape index (κ2) is 8.39. The number of nitrogens with zero attached hydrogens (tertiary/aromatic N) is 1. The van der Waals surface area contributed by atoms with Crippen LogP contribution in [-0.4, -0.2) is 31.1 Å². The molecule has 0 N–H and O–H groups in total. The zero-order valence-electron chi connectivity index (χ0n) is 13.2. The van der Waals surface area contributed by atoms with Crippen molar-refractivity contribution in [1.82, 2.24) is 4.90 Å². The van der Waals surface area contributed by atoms with E-state index in [4.69, 9.17) is 9.15 Å². The molecular weight excluding hydrogens is 278 g/mol. The van der Waals surface area contributed by atoms with Crippen molar-refractivity contribution in [2.24, 2.45) is 0 Å². The molecule has 118 valence electrons. The Balaban J connectivity index is 2.15. The summed E-state index contributed by atoms with van der Waals surface area (Å²) in [6.45, 7) is 3.68. The van der Waals surface area contributed by atoms with Crippen molar-refractivity contribution in [2.75, 3.05) is 20.3 Å². The van der Waals surface area contributed by atoms with Gasteiger partial charge in [0.15, 0.2) is 0 Å². The molecule has 0 aliphatic carbocycles. The summed E-state index contributed by atoms with van der Waals surface area (Å²) in [7, 11) is 1.65. The summed E-state index contributed by atoms with van der Waals surface area (Å²) >= 11 is 0. The summed E-state index contributed by atoms with van der Waals surface area (Å²) in [5, 5.41) is 0. The first-order chi connectivity index (χ1) is 10.8. The fourth-order valence-corrected chi connectivity index (χ4v) is 2.53. The van der Waals surface area contributed by atoms with Gasteiger partial charge in [-0.25, -0.2) is 0 Å². The Bertz CT molecular complexity index is 551. The number of rotatable bonds is 8. The highest BCUT2D eigenvalue weighted by Gasteiger charge is 2.24. The van der Waals surface area contributed by atoms with Crippen LogP contribution < -0.4 is 0 Å². The van der Waals surface area contributed by atoms with Gasteiger partial charge in [-0.05, 0) is 18.1 Å². The van der Waals surface area contributed by atoms with Crippen LogP contribution in [0.25, 0.3) is 0 Å². The highest BCUT2D eigenvalue weighted by Crippen LogP contribution is 2.23. The lowest BCUT2D eigenvalue weighted by Gasteiger charge is -2.26. The van der Waals surface area contributed by atoms with Gasteiger partial charge in [-0.1, -0.05) is 37.3 Å². The lowest BCUT2D eigenvalue weighted by Crippen LogP contribution is -2.36. The van der Waals surface area contributed by atoms with E-state index in [1.165, 1.54) is 0 Å². The van der Waals surface area contributed by atoms with E-state index >= 15 is 0 Å². The molecular formula is C18H23NO3. The minimum absolute atomic E-state index is 0.120. The molecule has 0 saturated heterocycles. The van der Waals surface area contributed by atoms with Gasteiger partial charge in [-0.3, -0.25) is 4.79 Å². The van der Waals surface area contributed by atoms with Gasteiger partial charge < -0.3 is 14.1 Å². The summed E-state index contributed by atoms with van der Waals surface area (Å²) in [6.07, 6.45) is 4.08. The quantitative estimate of drug-likeness (QED) is 0.750. The van der Waals surface area contributed by atoms with Crippen LogP contribution in [0.4, 0.5) is 0 Å². The molecule has 1 unspecified atom stereocenters. The normalized spacial score (nSPS) is 12.1. The van der Waals surface area contributed by atoms with Crippen molar-refractivity contribution < 1.29 is 13.9 Å². The van der Waals surface area contributed by atoms with Crippen LogP contribution in [0.2, 0.25) is 0 Å². The molecule has 0 fully saturated rings. The predicted octanol–water partition coefficient (Wildman–Crippen LogP) is 3.45. The lowest BCUT2D eigenvalue weighted by molar-refractivity contribution is -0.134. The molecule has 2 rings (SSSR count). The molecule has 0 radical (unpaired) electrons. The van der Waals surface area contributed by atoms with Crippen LogP contribution >= 0.6 is 0 Å².